The molecule has 0 saturated carbocycles. The molecule has 0 spiro atoms. The Bertz CT molecular complexity index is 1600. The fraction of sp³-hybridized carbons (Fsp3) is 0.375. The molecule has 2 aromatic carbocycles. The van der Waals surface area contributed by atoms with Gasteiger partial charge in [0.15, 0.2) is 0 Å². The third-order valence-corrected chi connectivity index (χ3v) is 10.1. The zero-order valence-electron chi connectivity index (χ0n) is 32.9. The Hall–Kier alpha value is -4.27. The number of carbonyl (C=O) groups is 2. The molecule has 0 bridgehead atoms. The number of rotatable bonds is 14. The second-order valence-electron chi connectivity index (χ2n) is 14.1. The van der Waals surface area contributed by atoms with Crippen molar-refractivity contribution in [2.75, 3.05) is 26.2 Å². The summed E-state index contributed by atoms with van der Waals surface area (Å²) in [5.74, 6) is -2.63. The van der Waals surface area contributed by atoms with Gasteiger partial charge in [0.25, 0.3) is 0 Å². The summed E-state index contributed by atoms with van der Waals surface area (Å²) in [4.78, 5) is 29.3. The minimum absolute atomic E-state index is 0. The van der Waals surface area contributed by atoms with Crippen LogP contribution >= 0.6 is 0 Å². The van der Waals surface area contributed by atoms with Gasteiger partial charge in [-0.1, -0.05) is 37.1 Å². The summed E-state index contributed by atoms with van der Waals surface area (Å²) in [6.07, 6.45) is 33.7. The predicted octanol–water partition coefficient (Wildman–Crippen LogP) is 10.7. The summed E-state index contributed by atoms with van der Waals surface area (Å²) in [6, 6.07) is 9.27. The Labute approximate surface area is 353 Å². The number of hydrogen-bond donors (Lipinski definition) is 0. The Kier molecular flexibility index (Phi) is 22.2. The largest absolute Gasteiger partial charge is 4.00 e. The average Bonchev–Trinajstić information content (AvgIpc) is 3.96. The zero-order valence-corrected chi connectivity index (χ0v) is 34.5. The number of allylic oxidation sites excluding steroid dienone is 12. The molecule has 2 aliphatic carbocycles. The molecule has 2 amide bonds. The van der Waals surface area contributed by atoms with Crippen molar-refractivity contribution >= 4 is 11.8 Å². The molecule has 2 aliphatic heterocycles. The molecule has 2 saturated heterocycles. The number of benzene rings is 2. The molecule has 0 unspecified atom stereocenters. The van der Waals surface area contributed by atoms with Crippen molar-refractivity contribution in [2.45, 2.75) is 77.0 Å². The van der Waals surface area contributed by atoms with Crippen LogP contribution in [0.1, 0.15) is 75.3 Å². The van der Waals surface area contributed by atoms with E-state index in [2.05, 4.69) is 50.6 Å². The Morgan fingerprint density at radius 3 is 1.25 bits per heavy atom. The van der Waals surface area contributed by atoms with Gasteiger partial charge in [-0.25, -0.2) is 41.9 Å². The maximum absolute atomic E-state index is 13.7. The van der Waals surface area contributed by atoms with Crippen molar-refractivity contribution in [2.24, 2.45) is 10.8 Å². The van der Waals surface area contributed by atoms with Gasteiger partial charge in [0.2, 0.25) is 11.8 Å². The molecule has 6 rings (SSSR count). The van der Waals surface area contributed by atoms with Gasteiger partial charge in [-0.15, -0.1) is 74.5 Å². The van der Waals surface area contributed by atoms with Crippen LogP contribution in [0.15, 0.2) is 111 Å². The first-order valence-corrected chi connectivity index (χ1v) is 19.2. The van der Waals surface area contributed by atoms with Gasteiger partial charge in [-0.3, -0.25) is 21.7 Å². The van der Waals surface area contributed by atoms with Crippen LogP contribution < -0.4 is 0 Å². The summed E-state index contributed by atoms with van der Waals surface area (Å²) in [5, 5.41) is 0. The van der Waals surface area contributed by atoms with Gasteiger partial charge in [-0.05, 0) is 51.4 Å². The Morgan fingerprint density at radius 2 is 0.982 bits per heavy atom. The van der Waals surface area contributed by atoms with Gasteiger partial charge in [0.05, 0.1) is 10.8 Å². The van der Waals surface area contributed by atoms with Crippen LogP contribution in [-0.4, -0.2) is 47.8 Å². The molecule has 57 heavy (non-hydrogen) atoms. The van der Waals surface area contributed by atoms with E-state index in [1.54, 1.807) is 34.1 Å². The molecule has 2 heterocycles. The molecule has 9 heteroatoms. The van der Waals surface area contributed by atoms with Crippen molar-refractivity contribution < 1.29 is 48.9 Å². The summed E-state index contributed by atoms with van der Waals surface area (Å²) >= 11 is 0. The number of piperidine rings is 2. The van der Waals surface area contributed by atoms with E-state index in [0.29, 0.717) is 75.8 Å². The molecule has 4 aliphatic rings. The molecule has 0 radical (unpaired) electrons. The second kappa shape index (κ2) is 25.9. The van der Waals surface area contributed by atoms with E-state index >= 15 is 0 Å². The van der Waals surface area contributed by atoms with Crippen LogP contribution in [-0.2, 0) is 44.1 Å². The number of amides is 2. The van der Waals surface area contributed by atoms with Crippen LogP contribution in [0.3, 0.4) is 0 Å². The fourth-order valence-electron chi connectivity index (χ4n) is 7.29. The summed E-state index contributed by atoms with van der Waals surface area (Å²) in [5.41, 5.74) is -0.171. The molecule has 300 valence electrons. The van der Waals surface area contributed by atoms with Crippen molar-refractivity contribution in [1.29, 1.82) is 0 Å². The fourth-order valence-corrected chi connectivity index (χ4v) is 7.29. The molecular weight excluding hydrogens is 760 g/mol. The van der Waals surface area contributed by atoms with Gasteiger partial charge in [0, 0.05) is 49.4 Å². The summed E-state index contributed by atoms with van der Waals surface area (Å²) in [6.45, 7) is 17.2. The second-order valence-corrected chi connectivity index (χ2v) is 14.1. The first-order chi connectivity index (χ1) is 27.0. The Balaban J connectivity index is 0.000000310. The molecule has 0 atom stereocenters. The van der Waals surface area contributed by atoms with Gasteiger partial charge in [0.1, 0.15) is 0 Å². The van der Waals surface area contributed by atoms with Crippen molar-refractivity contribution in [1.82, 2.24) is 9.80 Å². The van der Waals surface area contributed by atoms with Crippen LogP contribution in [0.2, 0.25) is 0 Å². The van der Waals surface area contributed by atoms with Crippen LogP contribution in [0.4, 0.5) is 17.6 Å². The Morgan fingerprint density at radius 1 is 0.614 bits per heavy atom. The van der Waals surface area contributed by atoms with Crippen LogP contribution in [0.5, 0.6) is 0 Å². The van der Waals surface area contributed by atoms with E-state index in [1.165, 1.54) is 24.3 Å². The molecule has 2 fully saturated rings. The standard InChI is InChI=1S/2C19H22F2NO.2C5H5.Ti/c2*1-3-9-19(10-4-2)11-5-12-22(18(19)23)13-8-15-6-7-16(20)14-17(15)21;2*1-2-4-5-3-1;/h2*3-4,6-7H,1-2,5,8-13H2;2*1-3H,4H2;/q4*-1;+4. The molecular formula is C48H54F4N2O2Ti. The van der Waals surface area contributed by atoms with Crippen molar-refractivity contribution in [3.8, 4) is 0 Å². The van der Waals surface area contributed by atoms with E-state index in [0.717, 1.165) is 38.5 Å². The molecule has 0 N–H and O–H groups in total. The third kappa shape index (κ3) is 15.2. The molecule has 0 aromatic heterocycles. The van der Waals surface area contributed by atoms with Crippen LogP contribution in [0.25, 0.3) is 0 Å². The summed E-state index contributed by atoms with van der Waals surface area (Å²) in [7, 11) is 0. The van der Waals surface area contributed by atoms with Gasteiger partial charge in [-0.2, -0.15) is 24.3 Å². The number of likely N-dealkylation sites (tertiary alicyclic amines) is 2. The number of halogens is 4. The van der Waals surface area contributed by atoms with E-state index in [-0.39, 0.29) is 33.5 Å². The predicted molar refractivity (Wildman–Crippen MR) is 217 cm³/mol. The average molecular weight is 815 g/mol. The minimum atomic E-state index is -0.712. The molecule has 2 aromatic rings. The summed E-state index contributed by atoms with van der Waals surface area (Å²) < 4.78 is 53.1. The monoisotopic (exact) mass is 814 g/mol. The van der Waals surface area contributed by atoms with E-state index in [9.17, 15) is 27.2 Å². The zero-order chi connectivity index (χ0) is 40.8. The number of nitrogens with zero attached hydrogens (tertiary/aromatic N) is 2. The first-order valence-electron chi connectivity index (χ1n) is 19.2. The van der Waals surface area contributed by atoms with E-state index in [1.807, 2.05) is 36.4 Å². The number of carbonyl (C=O) groups excluding carboxylic acids is 2. The normalized spacial score (nSPS) is 16.9. The van der Waals surface area contributed by atoms with Crippen LogP contribution in [0, 0.1) is 58.4 Å². The van der Waals surface area contributed by atoms with Gasteiger partial charge >= 0.3 is 21.7 Å². The minimum Gasteiger partial charge on any atom is -0.343 e. The number of hydrogen-bond acceptors (Lipinski definition) is 2. The van der Waals surface area contributed by atoms with E-state index in [4.69, 9.17) is 0 Å². The van der Waals surface area contributed by atoms with E-state index < -0.39 is 34.1 Å². The third-order valence-electron chi connectivity index (χ3n) is 10.1. The maximum atomic E-state index is 13.7. The maximum Gasteiger partial charge on any atom is 4.00 e. The smallest absolute Gasteiger partial charge is 0.343 e. The molecule has 4 nitrogen and oxygen atoms in total. The van der Waals surface area contributed by atoms with Crippen molar-refractivity contribution in [3.63, 3.8) is 0 Å². The van der Waals surface area contributed by atoms with Crippen molar-refractivity contribution in [3.05, 3.63) is 170 Å². The first kappa shape index (κ1) is 48.9. The topological polar surface area (TPSA) is 40.6 Å². The quantitative estimate of drug-likeness (QED) is 0.0825. The SMILES string of the molecule is C=CCC1(CC=C)CCCN(CCc2ccc(F)[c-]c2F)C1=O.C=CCC1(CC=C)CCCN(CCc2ccc(F)[c-]c2F)C1=O.[C-]1=CC=CC1.[C-]1=CC=CC1.[Ti+4]. The van der Waals surface area contributed by atoms with Gasteiger partial charge < -0.3 is 9.80 Å².